The van der Waals surface area contributed by atoms with Crippen molar-refractivity contribution in [1.82, 2.24) is 4.90 Å². The molecule has 2 amide bonds. The Kier molecular flexibility index (Phi) is 5.49. The molecule has 0 atom stereocenters. The van der Waals surface area contributed by atoms with Gasteiger partial charge in [-0.15, -0.1) is 0 Å². The van der Waals surface area contributed by atoms with Crippen LogP contribution in [-0.2, 0) is 6.42 Å². The zero-order chi connectivity index (χ0) is 17.8. The minimum absolute atomic E-state index is 0.0200. The molecular formula is C20H24ClN3O. The summed E-state index contributed by atoms with van der Waals surface area (Å²) in [4.78, 5) is 16.8. The van der Waals surface area contributed by atoms with Crippen LogP contribution >= 0.6 is 11.6 Å². The Morgan fingerprint density at radius 1 is 1.12 bits per heavy atom. The Balaban J connectivity index is 1.61. The molecule has 0 spiro atoms. The number of carbonyl (C=O) groups is 1. The van der Waals surface area contributed by atoms with Crippen LogP contribution in [0.25, 0.3) is 0 Å². The van der Waals surface area contributed by atoms with Crippen molar-refractivity contribution >= 4 is 29.0 Å². The fourth-order valence-electron chi connectivity index (χ4n) is 3.27. The zero-order valence-corrected chi connectivity index (χ0v) is 15.5. The fraction of sp³-hybridized carbons (Fsp3) is 0.350. The molecule has 1 aliphatic rings. The molecular weight excluding hydrogens is 334 g/mol. The van der Waals surface area contributed by atoms with E-state index in [2.05, 4.69) is 36.2 Å². The first-order valence-corrected chi connectivity index (χ1v) is 9.11. The molecule has 0 radical (unpaired) electrons. The molecule has 1 saturated heterocycles. The van der Waals surface area contributed by atoms with Gasteiger partial charge in [0.1, 0.15) is 0 Å². The Labute approximate surface area is 154 Å². The number of hydrogen-bond donors (Lipinski definition) is 1. The lowest BCUT2D eigenvalue weighted by atomic mass is 10.1. The molecule has 3 rings (SSSR count). The van der Waals surface area contributed by atoms with Crippen molar-refractivity contribution in [2.45, 2.75) is 20.3 Å². The van der Waals surface area contributed by atoms with Crippen LogP contribution in [0.15, 0.2) is 42.5 Å². The van der Waals surface area contributed by atoms with Crippen LogP contribution in [0.4, 0.5) is 16.2 Å². The number of anilines is 2. The maximum absolute atomic E-state index is 12.6. The second kappa shape index (κ2) is 7.79. The summed E-state index contributed by atoms with van der Waals surface area (Å²) in [7, 11) is 0. The summed E-state index contributed by atoms with van der Waals surface area (Å²) in [6.07, 6.45) is 0.903. The minimum Gasteiger partial charge on any atom is -0.368 e. The third-order valence-corrected chi connectivity index (χ3v) is 4.94. The molecule has 5 heteroatoms. The highest BCUT2D eigenvalue weighted by Crippen LogP contribution is 2.25. The van der Waals surface area contributed by atoms with Gasteiger partial charge in [-0.2, -0.15) is 0 Å². The first kappa shape index (κ1) is 17.6. The quantitative estimate of drug-likeness (QED) is 0.873. The molecule has 1 N–H and O–H groups in total. The van der Waals surface area contributed by atoms with E-state index in [-0.39, 0.29) is 6.03 Å². The van der Waals surface area contributed by atoms with E-state index < -0.39 is 0 Å². The number of urea groups is 1. The molecule has 25 heavy (non-hydrogen) atoms. The maximum Gasteiger partial charge on any atom is 0.321 e. The number of halogens is 1. The molecule has 0 aliphatic carbocycles. The first-order valence-electron chi connectivity index (χ1n) is 8.73. The zero-order valence-electron chi connectivity index (χ0n) is 14.8. The molecule has 2 aromatic rings. The molecule has 2 aromatic carbocycles. The van der Waals surface area contributed by atoms with Gasteiger partial charge in [-0.25, -0.2) is 4.79 Å². The number of hydrogen-bond acceptors (Lipinski definition) is 2. The van der Waals surface area contributed by atoms with Crippen molar-refractivity contribution in [3.8, 4) is 0 Å². The third kappa shape index (κ3) is 4.07. The van der Waals surface area contributed by atoms with Gasteiger partial charge >= 0.3 is 6.03 Å². The summed E-state index contributed by atoms with van der Waals surface area (Å²) < 4.78 is 0. The Morgan fingerprint density at radius 3 is 2.52 bits per heavy atom. The van der Waals surface area contributed by atoms with E-state index in [0.29, 0.717) is 13.1 Å². The van der Waals surface area contributed by atoms with Crippen molar-refractivity contribution in [2.75, 3.05) is 36.4 Å². The monoisotopic (exact) mass is 357 g/mol. The van der Waals surface area contributed by atoms with Gasteiger partial charge in [0, 0.05) is 42.6 Å². The van der Waals surface area contributed by atoms with E-state index in [1.807, 2.05) is 35.2 Å². The lowest BCUT2D eigenvalue weighted by molar-refractivity contribution is 0.208. The molecule has 0 aromatic heterocycles. The Hall–Kier alpha value is -2.20. The molecule has 0 bridgehead atoms. The van der Waals surface area contributed by atoms with Gasteiger partial charge in [0.05, 0.1) is 0 Å². The van der Waals surface area contributed by atoms with Gasteiger partial charge < -0.3 is 15.1 Å². The first-order chi connectivity index (χ1) is 12.1. The van der Waals surface area contributed by atoms with Crippen molar-refractivity contribution in [1.29, 1.82) is 0 Å². The van der Waals surface area contributed by atoms with E-state index in [1.165, 1.54) is 11.3 Å². The van der Waals surface area contributed by atoms with E-state index in [9.17, 15) is 4.79 Å². The molecule has 1 heterocycles. The van der Waals surface area contributed by atoms with E-state index in [1.54, 1.807) is 0 Å². The predicted octanol–water partition coefficient (Wildman–Crippen LogP) is 4.56. The lowest BCUT2D eigenvalue weighted by Gasteiger charge is -2.36. The number of carbonyl (C=O) groups excluding carboxylic acids is 1. The van der Waals surface area contributed by atoms with Gasteiger partial charge in [-0.05, 0) is 48.7 Å². The van der Waals surface area contributed by atoms with Gasteiger partial charge in [0.2, 0.25) is 0 Å². The number of para-hydroxylation sites is 1. The smallest absolute Gasteiger partial charge is 0.321 e. The normalized spacial score (nSPS) is 14.5. The van der Waals surface area contributed by atoms with Crippen molar-refractivity contribution in [3.63, 3.8) is 0 Å². The standard InChI is InChI=1S/C20H24ClN3O/c1-3-16-6-4-5-7-18(16)22-20(25)24-12-10-23(11-13-24)19-9-8-17(21)14-15(19)2/h4-9,14H,3,10-13H2,1-2H3,(H,22,25). The van der Waals surface area contributed by atoms with Gasteiger partial charge in [-0.1, -0.05) is 36.7 Å². The van der Waals surface area contributed by atoms with Crippen molar-refractivity contribution in [2.24, 2.45) is 0 Å². The summed E-state index contributed by atoms with van der Waals surface area (Å²) in [5, 5.41) is 3.81. The highest BCUT2D eigenvalue weighted by atomic mass is 35.5. The summed E-state index contributed by atoms with van der Waals surface area (Å²) >= 11 is 6.04. The van der Waals surface area contributed by atoms with Gasteiger partial charge in [0.15, 0.2) is 0 Å². The number of nitrogens with zero attached hydrogens (tertiary/aromatic N) is 2. The minimum atomic E-state index is -0.0200. The number of aryl methyl sites for hydroxylation is 2. The van der Waals surface area contributed by atoms with Crippen molar-refractivity contribution in [3.05, 3.63) is 58.6 Å². The third-order valence-electron chi connectivity index (χ3n) is 4.71. The molecule has 1 aliphatic heterocycles. The number of rotatable bonds is 3. The van der Waals surface area contributed by atoms with Gasteiger partial charge in [0.25, 0.3) is 0 Å². The van der Waals surface area contributed by atoms with E-state index >= 15 is 0 Å². The van der Waals surface area contributed by atoms with E-state index in [0.717, 1.165) is 35.8 Å². The van der Waals surface area contributed by atoms with Crippen LogP contribution in [0.5, 0.6) is 0 Å². The lowest BCUT2D eigenvalue weighted by Crippen LogP contribution is -2.50. The molecule has 132 valence electrons. The van der Waals surface area contributed by atoms with Crippen molar-refractivity contribution < 1.29 is 4.79 Å². The van der Waals surface area contributed by atoms with Crippen LogP contribution < -0.4 is 10.2 Å². The Bertz CT molecular complexity index is 754. The number of benzene rings is 2. The summed E-state index contributed by atoms with van der Waals surface area (Å²) in [5.41, 5.74) is 4.43. The average molecular weight is 358 g/mol. The maximum atomic E-state index is 12.6. The number of nitrogens with one attached hydrogen (secondary N) is 1. The predicted molar refractivity (Wildman–Crippen MR) is 105 cm³/mol. The van der Waals surface area contributed by atoms with Crippen LogP contribution in [0.2, 0.25) is 5.02 Å². The van der Waals surface area contributed by atoms with Crippen LogP contribution in [0.3, 0.4) is 0 Å². The summed E-state index contributed by atoms with van der Waals surface area (Å²) in [6, 6.07) is 13.9. The highest BCUT2D eigenvalue weighted by molar-refractivity contribution is 6.30. The molecule has 0 unspecified atom stereocenters. The summed E-state index contributed by atoms with van der Waals surface area (Å²) in [5.74, 6) is 0. The number of piperazine rings is 1. The number of amides is 2. The average Bonchev–Trinajstić information content (AvgIpc) is 2.62. The van der Waals surface area contributed by atoms with Crippen LogP contribution in [0, 0.1) is 6.92 Å². The van der Waals surface area contributed by atoms with Crippen LogP contribution in [-0.4, -0.2) is 37.1 Å². The largest absolute Gasteiger partial charge is 0.368 e. The van der Waals surface area contributed by atoms with Gasteiger partial charge in [-0.3, -0.25) is 0 Å². The van der Waals surface area contributed by atoms with Crippen LogP contribution in [0.1, 0.15) is 18.1 Å². The topological polar surface area (TPSA) is 35.6 Å². The molecule has 1 fully saturated rings. The van der Waals surface area contributed by atoms with E-state index in [4.69, 9.17) is 11.6 Å². The summed E-state index contributed by atoms with van der Waals surface area (Å²) in [6.45, 7) is 7.24. The fourth-order valence-corrected chi connectivity index (χ4v) is 3.50. The highest BCUT2D eigenvalue weighted by Gasteiger charge is 2.22. The second-order valence-electron chi connectivity index (χ2n) is 6.35. The SMILES string of the molecule is CCc1ccccc1NC(=O)N1CCN(c2ccc(Cl)cc2C)CC1. The second-order valence-corrected chi connectivity index (χ2v) is 6.78. The Morgan fingerprint density at radius 2 is 1.84 bits per heavy atom. The molecule has 4 nitrogen and oxygen atoms in total. The molecule has 0 saturated carbocycles.